The minimum absolute atomic E-state index is 1.02. The first kappa shape index (κ1) is 57.8. The second-order valence-electron chi connectivity index (χ2n) is 18.4. The molecule has 0 aromatic carbocycles. The van der Waals surface area contributed by atoms with Gasteiger partial charge in [-0.15, -0.1) is 0 Å². The second-order valence-corrected chi connectivity index (χ2v) is 18.4. The third-order valence-corrected chi connectivity index (χ3v) is 13.5. The van der Waals surface area contributed by atoms with Gasteiger partial charge in [0.15, 0.2) is 37.7 Å². The van der Waals surface area contributed by atoms with Crippen molar-refractivity contribution in [1.29, 1.82) is 0 Å². The Kier molecular flexibility index (Phi) is 18.0. The summed E-state index contributed by atoms with van der Waals surface area (Å²) in [5.74, 6) is -9.15. The van der Waals surface area contributed by atoms with E-state index in [0.29, 0.717) is 0 Å². The normalized spacial score (nSPS) is 56.7. The number of hydrogen-bond acceptors (Lipinski definition) is 35. The molecule has 21 rings (SSSR count). The molecule has 0 aliphatic carbocycles. The predicted octanol–water partition coefficient (Wildman–Crippen LogP) is -14.8. The molecule has 35 heteroatoms. The Hall–Kier alpha value is -1.40. The van der Waals surface area contributed by atoms with Gasteiger partial charge in [-0.3, -0.25) is 4.74 Å². The van der Waals surface area contributed by atoms with Gasteiger partial charge in [0, 0.05) is 0 Å². The van der Waals surface area contributed by atoms with Crippen molar-refractivity contribution in [3.63, 3.8) is 0 Å². The maximum absolute atomic E-state index is 11.3. The fourth-order valence-electron chi connectivity index (χ4n) is 9.21. The van der Waals surface area contributed by atoms with Gasteiger partial charge in [0.25, 0.3) is 6.48 Å². The summed E-state index contributed by atoms with van der Waals surface area (Å²) >= 11 is 0. The van der Waals surface area contributed by atoms with E-state index in [0.717, 1.165) is 0 Å². The summed E-state index contributed by atoms with van der Waals surface area (Å²) in [7, 11) is 0. The Morgan fingerprint density at radius 3 is 1.03 bits per heavy atom. The van der Waals surface area contributed by atoms with E-state index in [1.165, 1.54) is 0 Å². The molecule has 31 atom stereocenters. The van der Waals surface area contributed by atoms with E-state index >= 15 is 0 Å². The Morgan fingerprint density at radius 2 is 0.616 bits per heavy atom. The van der Waals surface area contributed by atoms with E-state index in [9.17, 15) is 102 Å². The van der Waals surface area contributed by atoms with Crippen LogP contribution in [-0.2, 0) is 71.1 Å². The molecule has 21 heterocycles. The third-order valence-electron chi connectivity index (χ3n) is 13.5. The fourth-order valence-corrected chi connectivity index (χ4v) is 9.21. The first-order chi connectivity index (χ1) is 34.4. The summed E-state index contributed by atoms with van der Waals surface area (Å²) in [5, 5.41) is 219. The van der Waals surface area contributed by atoms with Crippen LogP contribution in [0.5, 0.6) is 0 Å². The molecule has 424 valence electrons. The first-order valence-electron chi connectivity index (χ1n) is 22.7. The van der Waals surface area contributed by atoms with Gasteiger partial charge >= 0.3 is 0 Å². The Balaban J connectivity index is 1.04. The van der Waals surface area contributed by atoms with E-state index in [-0.39, 0.29) is 0 Å². The molecule has 0 radical (unpaired) electrons. The molecular formula is C38H62O35. The van der Waals surface area contributed by atoms with Crippen molar-refractivity contribution in [2.24, 2.45) is 0 Å². The van der Waals surface area contributed by atoms with Gasteiger partial charge in [-0.25, -0.2) is 0 Å². The zero-order valence-corrected chi connectivity index (χ0v) is 37.7. The van der Waals surface area contributed by atoms with Crippen LogP contribution in [0.25, 0.3) is 0 Å². The number of hydrogen-bond donors (Lipinski definition) is 20. The standard InChI is InChI=1S/C38H62O35/c39-1-8-23-12(43)16(47)30(62-8)68-24-10(3-41)64-32(18(49)15(24)46)72-37(57)6-60-29(21(52)27(37)54)71-36(56)5-59-28(20(51)26(36)53)66-22-9(2-40)65-33(19(50)14(22)45)73-38(58)7-61-35(70-34(38)55)69-25-11(4-42)63-31(67-23)17(48)13(25)44/h8-35,39-58H,1-7H2/t8-,9-,10-,11-,12?,13?,14?,15?,16?,17?,18?,19?,20?,21?,22?,23?,24?,25?,26?,27?,28?,29?,30-,31+,32-,33-,34?,35-,36?,37?,38?/m0/s1. The molecule has 0 saturated carbocycles. The Morgan fingerprint density at radius 1 is 0.301 bits per heavy atom. The number of aliphatic hydroxyl groups excluding tert-OH is 17. The number of aliphatic hydroxyl groups is 20. The molecule has 0 amide bonds. The molecule has 35 nitrogen and oxygen atoms in total. The highest BCUT2D eigenvalue weighted by molar-refractivity contribution is 5.00. The molecule has 0 spiro atoms. The lowest BCUT2D eigenvalue weighted by Gasteiger charge is -2.50. The monoisotopic (exact) mass is 1080 g/mol. The minimum Gasteiger partial charge on any atom is -0.394 e. The third kappa shape index (κ3) is 11.0. The van der Waals surface area contributed by atoms with Crippen LogP contribution in [0.3, 0.4) is 0 Å². The van der Waals surface area contributed by atoms with Crippen LogP contribution in [0, 0.1) is 0 Å². The molecule has 21 aliphatic heterocycles. The molecule has 14 bridgehead atoms. The summed E-state index contributed by atoms with van der Waals surface area (Å²) in [6.45, 7) is -9.82. The maximum atomic E-state index is 11.3. The quantitative estimate of drug-likeness (QED) is 0.124. The van der Waals surface area contributed by atoms with Crippen LogP contribution in [-0.4, -0.2) is 338 Å². The zero-order valence-electron chi connectivity index (χ0n) is 37.7. The van der Waals surface area contributed by atoms with Gasteiger partial charge in [0.1, 0.15) is 142 Å². The molecule has 21 aliphatic rings. The largest absolute Gasteiger partial charge is 0.394 e. The maximum Gasteiger partial charge on any atom is 0.274 e. The number of ether oxygens (including phenoxy) is 15. The smallest absolute Gasteiger partial charge is 0.274 e. The van der Waals surface area contributed by atoms with Crippen molar-refractivity contribution in [2.45, 2.75) is 190 Å². The summed E-state index contributed by atoms with van der Waals surface area (Å²) in [5.41, 5.74) is 0. The topological polar surface area (TPSA) is 543 Å². The molecule has 21 saturated heterocycles. The summed E-state index contributed by atoms with van der Waals surface area (Å²) in [6, 6.07) is 0. The highest BCUT2D eigenvalue weighted by atomic mass is 16.9. The van der Waals surface area contributed by atoms with Crippen molar-refractivity contribution in [3.8, 4) is 0 Å². The van der Waals surface area contributed by atoms with Crippen LogP contribution in [0.4, 0.5) is 0 Å². The van der Waals surface area contributed by atoms with Crippen molar-refractivity contribution in [1.82, 2.24) is 0 Å². The highest BCUT2D eigenvalue weighted by Crippen LogP contribution is 2.39. The Labute approximate surface area is 409 Å². The molecule has 0 aromatic rings. The van der Waals surface area contributed by atoms with Crippen molar-refractivity contribution < 1.29 is 173 Å². The summed E-state index contributed by atoms with van der Waals surface area (Å²) in [6.07, 6.45) is -57.2. The van der Waals surface area contributed by atoms with Gasteiger partial charge in [-0.2, -0.15) is 0 Å². The second kappa shape index (κ2) is 22.8. The molecule has 22 unspecified atom stereocenters. The average Bonchev–Trinajstić information content (AvgIpc) is 3.36. The van der Waals surface area contributed by atoms with Crippen LogP contribution >= 0.6 is 0 Å². The lowest BCUT2D eigenvalue weighted by molar-refractivity contribution is -0.490. The van der Waals surface area contributed by atoms with Gasteiger partial charge in [-0.1, -0.05) is 0 Å². The Bertz CT molecular complexity index is 1790. The number of rotatable bonds is 4. The van der Waals surface area contributed by atoms with E-state index in [2.05, 4.69) is 0 Å². The molecule has 73 heavy (non-hydrogen) atoms. The van der Waals surface area contributed by atoms with Gasteiger partial charge in [0.05, 0.1) is 26.4 Å². The van der Waals surface area contributed by atoms with Crippen molar-refractivity contribution in [3.05, 3.63) is 0 Å². The van der Waals surface area contributed by atoms with Gasteiger partial charge in [0.2, 0.25) is 23.7 Å². The van der Waals surface area contributed by atoms with E-state index < -0.39 is 236 Å². The lowest BCUT2D eigenvalue weighted by Crippen LogP contribution is -2.70. The molecule has 0 aromatic heterocycles. The SMILES string of the molecule is OC[C@@H]1O[C@H]2OC3C(O)C(O)[C@@H](O[C@H]3CO)OC3(O)COC(OC4(O)COC(OC5C(O)C(O)[C@@H](O[C@H]5CO)OC5(O)CO[C@@H](OC6C(O)C(O)[C@@H](OC1C(O)C2O)O[C@H]6CO)OC5O)C(O)C4O)C(O)C3O. The van der Waals surface area contributed by atoms with Gasteiger partial charge in [-0.05, 0) is 0 Å². The van der Waals surface area contributed by atoms with Crippen LogP contribution in [0.1, 0.15) is 0 Å². The van der Waals surface area contributed by atoms with Crippen LogP contribution in [0.2, 0.25) is 0 Å². The lowest BCUT2D eigenvalue weighted by atomic mass is 9.95. The first-order valence-corrected chi connectivity index (χ1v) is 22.7. The molecule has 21 fully saturated rings. The minimum atomic E-state index is -3.09. The molecule has 20 N–H and O–H groups in total. The highest BCUT2D eigenvalue weighted by Gasteiger charge is 2.61. The predicted molar refractivity (Wildman–Crippen MR) is 209 cm³/mol. The van der Waals surface area contributed by atoms with Crippen LogP contribution < -0.4 is 0 Å². The van der Waals surface area contributed by atoms with Crippen molar-refractivity contribution >= 4 is 0 Å². The van der Waals surface area contributed by atoms with Gasteiger partial charge < -0.3 is 168 Å². The van der Waals surface area contributed by atoms with Crippen molar-refractivity contribution in [2.75, 3.05) is 46.2 Å². The molecular weight excluding hydrogens is 1020 g/mol. The fraction of sp³-hybridized carbons (Fsp3) is 1.00. The van der Waals surface area contributed by atoms with E-state index in [1.807, 2.05) is 0 Å². The van der Waals surface area contributed by atoms with Crippen LogP contribution in [0.15, 0.2) is 0 Å². The van der Waals surface area contributed by atoms with E-state index in [4.69, 9.17) is 71.1 Å². The summed E-state index contributed by atoms with van der Waals surface area (Å²) < 4.78 is 81.6. The van der Waals surface area contributed by atoms with E-state index in [1.54, 1.807) is 0 Å². The average molecular weight is 1080 g/mol. The summed E-state index contributed by atoms with van der Waals surface area (Å²) in [4.78, 5) is 0. The zero-order chi connectivity index (χ0) is 53.2.